The number of hydrogen-bond donors (Lipinski definition) is 3. The van der Waals surface area contributed by atoms with Crippen molar-refractivity contribution in [2.75, 3.05) is 5.88 Å². The van der Waals surface area contributed by atoms with Gasteiger partial charge in [0, 0.05) is 5.88 Å². The van der Waals surface area contributed by atoms with E-state index < -0.39 is 8.25 Å². The number of rotatable bonds is 1. The molecule has 0 aromatic heterocycles. The van der Waals surface area contributed by atoms with Gasteiger partial charge < -0.3 is 14.9 Å². The minimum absolute atomic E-state index is 0.333. The van der Waals surface area contributed by atoms with Crippen LogP contribution in [0.2, 0.25) is 0 Å². The normalized spacial score (nSPS) is 12.2. The topological polar surface area (TPSA) is 77.8 Å². The molecule has 0 saturated carbocycles. The molecule has 0 fully saturated rings. The fraction of sp³-hybridized carbons (Fsp3) is 1.00. The van der Waals surface area contributed by atoms with E-state index in [-0.39, 0.29) is 6.10 Å². The second kappa shape index (κ2) is 8.40. The number of aliphatic hydroxyl groups excluding tert-OH is 1. The third kappa shape index (κ3) is 59.7. The van der Waals surface area contributed by atoms with Crippen LogP contribution in [0.4, 0.5) is 0 Å². The summed E-state index contributed by atoms with van der Waals surface area (Å²) >= 11 is 5.09. The Morgan fingerprint density at radius 1 is 1.67 bits per heavy atom. The molecule has 0 heterocycles. The van der Waals surface area contributed by atoms with Crippen molar-refractivity contribution in [2.24, 2.45) is 0 Å². The highest BCUT2D eigenvalue weighted by atomic mass is 35.5. The fourth-order valence-corrected chi connectivity index (χ4v) is 0. The van der Waals surface area contributed by atoms with E-state index in [0.717, 1.165) is 0 Å². The van der Waals surface area contributed by atoms with Crippen LogP contribution in [0.25, 0.3) is 0 Å². The van der Waals surface area contributed by atoms with Crippen LogP contribution in [0.5, 0.6) is 0 Å². The molecule has 0 radical (unpaired) electrons. The van der Waals surface area contributed by atoms with Gasteiger partial charge in [0.25, 0.3) is 0 Å². The Balaban J connectivity index is 0. The molecule has 3 N–H and O–H groups in total. The van der Waals surface area contributed by atoms with E-state index in [2.05, 4.69) is 0 Å². The van der Waals surface area contributed by atoms with Crippen molar-refractivity contribution in [3.8, 4) is 0 Å². The van der Waals surface area contributed by atoms with E-state index in [1.807, 2.05) is 0 Å². The Morgan fingerprint density at radius 2 is 1.78 bits per heavy atom. The Labute approximate surface area is 59.0 Å². The van der Waals surface area contributed by atoms with E-state index >= 15 is 0 Å². The second-order valence-corrected chi connectivity index (χ2v) is 2.16. The number of hydrogen-bond acceptors (Lipinski definition) is 2. The molecule has 0 aliphatic rings. The van der Waals surface area contributed by atoms with Gasteiger partial charge in [0.15, 0.2) is 0 Å². The van der Waals surface area contributed by atoms with Gasteiger partial charge in [-0.15, -0.1) is 11.6 Å². The molecule has 0 rings (SSSR count). The summed E-state index contributed by atoms with van der Waals surface area (Å²) in [7, 11) is -3.13. The highest BCUT2D eigenvalue weighted by molar-refractivity contribution is 7.30. The van der Waals surface area contributed by atoms with E-state index in [0.29, 0.717) is 5.88 Å². The largest absolute Gasteiger partial charge is 0.392 e. The summed E-state index contributed by atoms with van der Waals surface area (Å²) in [5.41, 5.74) is 0. The zero-order valence-corrected chi connectivity index (χ0v) is 6.67. The van der Waals surface area contributed by atoms with Gasteiger partial charge in [-0.3, -0.25) is 4.57 Å². The van der Waals surface area contributed by atoms with Crippen molar-refractivity contribution in [2.45, 2.75) is 13.0 Å². The molecule has 0 aliphatic heterocycles. The van der Waals surface area contributed by atoms with Crippen molar-refractivity contribution < 1.29 is 19.5 Å². The fourth-order valence-electron chi connectivity index (χ4n) is 0. The molecule has 58 valence electrons. The van der Waals surface area contributed by atoms with Crippen molar-refractivity contribution in [3.63, 3.8) is 0 Å². The van der Waals surface area contributed by atoms with Gasteiger partial charge in [-0.05, 0) is 6.92 Å². The molecule has 9 heavy (non-hydrogen) atoms. The van der Waals surface area contributed by atoms with Gasteiger partial charge in [0.05, 0.1) is 6.10 Å². The highest BCUT2D eigenvalue weighted by Crippen LogP contribution is 1.98. The zero-order chi connectivity index (χ0) is 7.86. The van der Waals surface area contributed by atoms with E-state index in [4.69, 9.17) is 31.1 Å². The van der Waals surface area contributed by atoms with Crippen molar-refractivity contribution in [3.05, 3.63) is 0 Å². The lowest BCUT2D eigenvalue weighted by Crippen LogP contribution is -1.98. The van der Waals surface area contributed by atoms with Crippen molar-refractivity contribution in [1.29, 1.82) is 0 Å². The first-order valence-electron chi connectivity index (χ1n) is 2.16. The first-order valence-corrected chi connectivity index (χ1v) is 4.00. The third-order valence-electron chi connectivity index (χ3n) is 0.223. The SMILES string of the molecule is CC(O)CCl.O=[PH](O)O. The molecule has 0 saturated heterocycles. The van der Waals surface area contributed by atoms with Gasteiger partial charge in [0.2, 0.25) is 0 Å². The Kier molecular flexibility index (Phi) is 11.3. The van der Waals surface area contributed by atoms with Gasteiger partial charge >= 0.3 is 8.25 Å². The van der Waals surface area contributed by atoms with Crippen molar-refractivity contribution in [1.82, 2.24) is 0 Å². The van der Waals surface area contributed by atoms with Gasteiger partial charge in [-0.2, -0.15) is 0 Å². The summed E-state index contributed by atoms with van der Waals surface area (Å²) in [6.45, 7) is 1.65. The molecule has 0 aromatic carbocycles. The molecular formula is C3H10ClO4P. The summed E-state index contributed by atoms with van der Waals surface area (Å²) in [5.74, 6) is 0.333. The van der Waals surface area contributed by atoms with Gasteiger partial charge in [-0.1, -0.05) is 0 Å². The van der Waals surface area contributed by atoms with E-state index in [1.54, 1.807) is 6.92 Å². The standard InChI is InChI=1S/C3H7ClO.H3O3P/c1-3(5)2-4;1-4(2)3/h3,5H,2H2,1H3;4H,(H2,1,2,3). The summed E-state index contributed by atoms with van der Waals surface area (Å²) in [6.07, 6.45) is -0.350. The molecule has 0 spiro atoms. The lowest BCUT2D eigenvalue weighted by Gasteiger charge is -1.88. The lowest BCUT2D eigenvalue weighted by atomic mass is 10.5. The molecule has 0 aliphatic carbocycles. The Hall–Kier alpha value is 0.400. The number of halogens is 1. The van der Waals surface area contributed by atoms with E-state index in [1.165, 1.54) is 0 Å². The van der Waals surface area contributed by atoms with Crippen LogP contribution in [-0.4, -0.2) is 26.9 Å². The zero-order valence-electron chi connectivity index (χ0n) is 4.91. The molecule has 1 atom stereocenters. The number of aliphatic hydroxyl groups is 1. The van der Waals surface area contributed by atoms with Crippen molar-refractivity contribution >= 4 is 19.9 Å². The summed E-state index contributed by atoms with van der Waals surface area (Å²) < 4.78 is 8.74. The van der Waals surface area contributed by atoms with Crippen LogP contribution in [0.15, 0.2) is 0 Å². The summed E-state index contributed by atoms with van der Waals surface area (Å²) in [6, 6.07) is 0. The minimum atomic E-state index is -3.13. The van der Waals surface area contributed by atoms with Crippen LogP contribution < -0.4 is 0 Å². The third-order valence-corrected chi connectivity index (χ3v) is 0.670. The molecule has 0 amide bonds. The maximum Gasteiger partial charge on any atom is 0.314 e. The average Bonchev–Trinajstić information content (AvgIpc) is 1.65. The first kappa shape index (κ1) is 12.1. The Morgan fingerprint density at radius 3 is 1.78 bits per heavy atom. The van der Waals surface area contributed by atoms with Crippen LogP contribution in [0.1, 0.15) is 6.92 Å². The average molecular weight is 177 g/mol. The second-order valence-electron chi connectivity index (χ2n) is 1.29. The van der Waals surface area contributed by atoms with Crippen LogP contribution in [0.3, 0.4) is 0 Å². The number of alkyl halides is 1. The predicted octanol–water partition coefficient (Wildman–Crippen LogP) is -0.0333. The molecule has 6 heteroatoms. The molecule has 4 nitrogen and oxygen atoms in total. The summed E-state index contributed by atoms with van der Waals surface area (Å²) in [5, 5.41) is 8.23. The first-order chi connectivity index (χ1) is 4.00. The smallest absolute Gasteiger partial charge is 0.314 e. The summed E-state index contributed by atoms with van der Waals surface area (Å²) in [4.78, 5) is 14.3. The molecule has 0 aromatic rings. The van der Waals surface area contributed by atoms with Crippen LogP contribution in [-0.2, 0) is 4.57 Å². The minimum Gasteiger partial charge on any atom is -0.392 e. The van der Waals surface area contributed by atoms with Gasteiger partial charge in [0.1, 0.15) is 0 Å². The van der Waals surface area contributed by atoms with Crippen LogP contribution in [0, 0.1) is 0 Å². The predicted molar refractivity (Wildman–Crippen MR) is 35.8 cm³/mol. The highest BCUT2D eigenvalue weighted by Gasteiger charge is 1.83. The molecule has 0 bridgehead atoms. The maximum absolute atomic E-state index is 8.74. The molecular weight excluding hydrogens is 166 g/mol. The quantitative estimate of drug-likeness (QED) is 0.387. The van der Waals surface area contributed by atoms with Crippen LogP contribution >= 0.6 is 19.9 Å². The van der Waals surface area contributed by atoms with Gasteiger partial charge in [-0.25, -0.2) is 0 Å². The monoisotopic (exact) mass is 176 g/mol. The lowest BCUT2D eigenvalue weighted by molar-refractivity contribution is 0.219. The Bertz CT molecular complexity index is 72.2. The maximum atomic E-state index is 8.74. The van der Waals surface area contributed by atoms with E-state index in [9.17, 15) is 0 Å². The molecule has 1 unspecified atom stereocenters.